The monoisotopic (exact) mass is 404 g/mol. The summed E-state index contributed by atoms with van der Waals surface area (Å²) in [6, 6.07) is 6.76. The molecule has 0 aliphatic heterocycles. The molecule has 5 nitrogen and oxygen atoms in total. The van der Waals surface area contributed by atoms with Crippen molar-refractivity contribution >= 4 is 16.7 Å². The molecule has 4 aromatic rings. The first-order valence-electron chi connectivity index (χ1n) is 10.9. The van der Waals surface area contributed by atoms with Crippen molar-refractivity contribution in [3.63, 3.8) is 0 Å². The minimum Gasteiger partial charge on any atom is -0.380 e. The molecular formula is C25H32N4O. The molecule has 158 valence electrons. The lowest BCUT2D eigenvalue weighted by Gasteiger charge is -2.12. The van der Waals surface area contributed by atoms with Gasteiger partial charge in [-0.15, -0.1) is 0 Å². The highest BCUT2D eigenvalue weighted by atomic mass is 16.5. The van der Waals surface area contributed by atoms with Crippen LogP contribution in [0.3, 0.4) is 0 Å². The Morgan fingerprint density at radius 2 is 1.60 bits per heavy atom. The standard InChI is InChI=1S/C25H32N4O/c1-8-20-14-21-18(6)26-24-23(22-16(4)12-15(3)13-17(22)5)19(7)27-29(24)25(21)28(20)10-11-30-9-2/h12-14H,8-11H2,1-7H3. The summed E-state index contributed by atoms with van der Waals surface area (Å²) in [5, 5.41) is 6.16. The Balaban J connectivity index is 2.05. The van der Waals surface area contributed by atoms with E-state index in [1.165, 1.54) is 33.3 Å². The molecule has 30 heavy (non-hydrogen) atoms. The fourth-order valence-electron chi connectivity index (χ4n) is 4.78. The van der Waals surface area contributed by atoms with Crippen LogP contribution in [0.1, 0.15) is 47.6 Å². The highest BCUT2D eigenvalue weighted by Gasteiger charge is 2.22. The highest BCUT2D eigenvalue weighted by molar-refractivity contribution is 5.90. The number of benzene rings is 1. The Bertz CT molecular complexity index is 1220. The fraction of sp³-hybridized carbons (Fsp3) is 0.440. The van der Waals surface area contributed by atoms with Gasteiger partial charge >= 0.3 is 0 Å². The largest absolute Gasteiger partial charge is 0.380 e. The van der Waals surface area contributed by atoms with Crippen LogP contribution in [-0.4, -0.2) is 32.4 Å². The van der Waals surface area contributed by atoms with Crippen LogP contribution >= 0.6 is 0 Å². The zero-order valence-corrected chi connectivity index (χ0v) is 19.3. The van der Waals surface area contributed by atoms with Gasteiger partial charge in [0, 0.05) is 24.2 Å². The van der Waals surface area contributed by atoms with Crippen LogP contribution < -0.4 is 0 Å². The van der Waals surface area contributed by atoms with E-state index in [-0.39, 0.29) is 0 Å². The van der Waals surface area contributed by atoms with Gasteiger partial charge in [0.1, 0.15) is 5.65 Å². The average molecular weight is 405 g/mol. The molecule has 1 aromatic carbocycles. The summed E-state index contributed by atoms with van der Waals surface area (Å²) in [5.41, 5.74) is 11.6. The molecule has 0 fully saturated rings. The molecule has 0 spiro atoms. The van der Waals surface area contributed by atoms with Crippen molar-refractivity contribution in [3.05, 3.63) is 52.0 Å². The van der Waals surface area contributed by atoms with Crippen LogP contribution in [0.4, 0.5) is 0 Å². The van der Waals surface area contributed by atoms with Gasteiger partial charge in [-0.3, -0.25) is 0 Å². The Kier molecular flexibility index (Phi) is 5.41. The molecule has 0 atom stereocenters. The van der Waals surface area contributed by atoms with Gasteiger partial charge in [0.25, 0.3) is 0 Å². The number of aromatic nitrogens is 4. The zero-order chi connectivity index (χ0) is 21.6. The van der Waals surface area contributed by atoms with Gasteiger partial charge < -0.3 is 9.30 Å². The number of aryl methyl sites for hydroxylation is 6. The maximum atomic E-state index is 5.67. The lowest BCUT2D eigenvalue weighted by atomic mass is 9.94. The Morgan fingerprint density at radius 3 is 2.23 bits per heavy atom. The van der Waals surface area contributed by atoms with Crippen molar-refractivity contribution < 1.29 is 4.74 Å². The third-order valence-corrected chi connectivity index (χ3v) is 6.01. The third kappa shape index (κ3) is 3.21. The van der Waals surface area contributed by atoms with E-state index < -0.39 is 0 Å². The van der Waals surface area contributed by atoms with Crippen molar-refractivity contribution in [3.8, 4) is 11.1 Å². The molecule has 4 rings (SSSR count). The predicted octanol–water partition coefficient (Wildman–Crippen LogP) is 5.49. The smallest absolute Gasteiger partial charge is 0.165 e. The summed E-state index contributed by atoms with van der Waals surface area (Å²) < 4.78 is 10.1. The van der Waals surface area contributed by atoms with Crippen LogP contribution in [0.2, 0.25) is 0 Å². The van der Waals surface area contributed by atoms with Crippen LogP contribution in [0.5, 0.6) is 0 Å². The lowest BCUT2D eigenvalue weighted by Crippen LogP contribution is -2.11. The number of hydrogen-bond acceptors (Lipinski definition) is 3. The normalized spacial score (nSPS) is 11.8. The molecule has 0 bridgehead atoms. The molecule has 0 radical (unpaired) electrons. The van der Waals surface area contributed by atoms with Crippen LogP contribution in [-0.2, 0) is 17.7 Å². The van der Waals surface area contributed by atoms with E-state index in [1.54, 1.807) is 0 Å². The summed E-state index contributed by atoms with van der Waals surface area (Å²) in [5.74, 6) is 0. The number of nitrogens with zero attached hydrogens (tertiary/aromatic N) is 4. The minimum absolute atomic E-state index is 0.694. The maximum absolute atomic E-state index is 5.67. The number of fused-ring (bicyclic) bond motifs is 3. The van der Waals surface area contributed by atoms with Gasteiger partial charge in [0.15, 0.2) is 5.65 Å². The van der Waals surface area contributed by atoms with Crippen LogP contribution in [0.25, 0.3) is 27.8 Å². The number of ether oxygens (including phenoxy) is 1. The van der Waals surface area contributed by atoms with Gasteiger partial charge in [-0.05, 0) is 70.7 Å². The second kappa shape index (κ2) is 7.88. The lowest BCUT2D eigenvalue weighted by molar-refractivity contribution is 0.139. The van der Waals surface area contributed by atoms with Crippen molar-refractivity contribution in [2.24, 2.45) is 0 Å². The molecule has 0 unspecified atom stereocenters. The van der Waals surface area contributed by atoms with Gasteiger partial charge in [-0.1, -0.05) is 24.6 Å². The van der Waals surface area contributed by atoms with Crippen LogP contribution in [0.15, 0.2) is 18.2 Å². The molecule has 0 aliphatic carbocycles. The van der Waals surface area contributed by atoms with Gasteiger partial charge in [0.2, 0.25) is 0 Å². The maximum Gasteiger partial charge on any atom is 0.165 e. The molecule has 5 heteroatoms. The summed E-state index contributed by atoms with van der Waals surface area (Å²) in [6.45, 7) is 17.2. The predicted molar refractivity (Wildman–Crippen MR) is 123 cm³/mol. The molecule has 0 N–H and O–H groups in total. The first kappa shape index (κ1) is 20.6. The number of hydrogen-bond donors (Lipinski definition) is 0. The molecule has 0 aliphatic rings. The summed E-state index contributed by atoms with van der Waals surface area (Å²) in [7, 11) is 0. The first-order chi connectivity index (χ1) is 14.4. The summed E-state index contributed by atoms with van der Waals surface area (Å²) in [6.07, 6.45) is 0.963. The quantitative estimate of drug-likeness (QED) is 0.399. The second-order valence-corrected chi connectivity index (χ2v) is 8.24. The molecular weight excluding hydrogens is 372 g/mol. The van der Waals surface area contributed by atoms with E-state index in [4.69, 9.17) is 14.8 Å². The van der Waals surface area contributed by atoms with E-state index >= 15 is 0 Å². The molecule has 3 aromatic heterocycles. The van der Waals surface area contributed by atoms with Crippen molar-refractivity contribution in [1.29, 1.82) is 0 Å². The third-order valence-electron chi connectivity index (χ3n) is 6.01. The topological polar surface area (TPSA) is 44.3 Å². The molecule has 0 saturated carbocycles. The zero-order valence-electron chi connectivity index (χ0n) is 19.3. The van der Waals surface area contributed by atoms with Gasteiger partial charge in [-0.2, -0.15) is 9.61 Å². The molecule has 0 saturated heterocycles. The van der Waals surface area contributed by atoms with E-state index in [0.717, 1.165) is 47.8 Å². The minimum atomic E-state index is 0.694. The molecule has 3 heterocycles. The Labute approximate surface area is 178 Å². The van der Waals surface area contributed by atoms with Gasteiger partial charge in [0.05, 0.1) is 23.6 Å². The Morgan fingerprint density at radius 1 is 0.900 bits per heavy atom. The molecule has 0 amide bonds. The van der Waals surface area contributed by atoms with E-state index in [2.05, 4.69) is 68.8 Å². The van der Waals surface area contributed by atoms with E-state index in [0.29, 0.717) is 6.61 Å². The average Bonchev–Trinajstić information content (AvgIpc) is 3.20. The van der Waals surface area contributed by atoms with Gasteiger partial charge in [-0.25, -0.2) is 4.98 Å². The fourth-order valence-corrected chi connectivity index (χ4v) is 4.78. The second-order valence-electron chi connectivity index (χ2n) is 8.24. The SMILES string of the molecule is CCOCCn1c(CC)cc2c(C)nc3c(-c4c(C)cc(C)cc4C)c(C)nn3c21. The number of rotatable bonds is 6. The van der Waals surface area contributed by atoms with E-state index in [9.17, 15) is 0 Å². The van der Waals surface area contributed by atoms with Crippen molar-refractivity contribution in [2.75, 3.05) is 13.2 Å². The van der Waals surface area contributed by atoms with Crippen LogP contribution in [0, 0.1) is 34.6 Å². The summed E-state index contributed by atoms with van der Waals surface area (Å²) in [4.78, 5) is 5.05. The highest BCUT2D eigenvalue weighted by Crippen LogP contribution is 2.35. The van der Waals surface area contributed by atoms with E-state index in [1.807, 2.05) is 6.92 Å². The summed E-state index contributed by atoms with van der Waals surface area (Å²) >= 11 is 0. The van der Waals surface area contributed by atoms with Crippen molar-refractivity contribution in [2.45, 2.75) is 61.4 Å². The first-order valence-corrected chi connectivity index (χ1v) is 10.9. The van der Waals surface area contributed by atoms with Crippen molar-refractivity contribution in [1.82, 2.24) is 19.2 Å². The Hall–Kier alpha value is -2.66.